The number of benzene rings is 1. The topological polar surface area (TPSA) is 52.0 Å². The van der Waals surface area contributed by atoms with E-state index in [4.69, 9.17) is 5.73 Å². The fourth-order valence-electron chi connectivity index (χ4n) is 3.32. The van der Waals surface area contributed by atoms with E-state index < -0.39 is 0 Å². The van der Waals surface area contributed by atoms with E-state index in [2.05, 4.69) is 45.5 Å². The Bertz CT molecular complexity index is 959. The van der Waals surface area contributed by atoms with Crippen molar-refractivity contribution in [1.82, 2.24) is 14.3 Å². The fraction of sp³-hybridized carbons (Fsp3) is 0.150. The average Bonchev–Trinajstić information content (AvgIpc) is 3.21. The monoisotopic (exact) mass is 331 g/mol. The number of nitrogens with zero attached hydrogens (tertiary/aromatic N) is 4. The van der Waals surface area contributed by atoms with Gasteiger partial charge in [-0.3, -0.25) is 4.68 Å². The van der Waals surface area contributed by atoms with E-state index in [1.54, 1.807) is 0 Å². The summed E-state index contributed by atoms with van der Waals surface area (Å²) in [6.45, 7) is 6.38. The molecule has 5 nitrogen and oxygen atoms in total. The minimum absolute atomic E-state index is 0.116. The van der Waals surface area contributed by atoms with E-state index in [0.29, 0.717) is 0 Å². The molecule has 1 atom stereocenters. The van der Waals surface area contributed by atoms with Gasteiger partial charge in [-0.2, -0.15) is 5.10 Å². The average molecular weight is 331 g/mol. The molecule has 0 saturated carbocycles. The SMILES string of the molecule is C=C1c2c(-c3cnn(C)c3)ccn2C=C(C(C)N)N1c1ccccc1. The van der Waals surface area contributed by atoms with Crippen molar-refractivity contribution in [1.29, 1.82) is 0 Å². The van der Waals surface area contributed by atoms with Crippen LogP contribution >= 0.6 is 0 Å². The molecule has 5 heteroatoms. The molecule has 0 fully saturated rings. The number of hydrogen-bond donors (Lipinski definition) is 1. The first-order chi connectivity index (χ1) is 12.1. The van der Waals surface area contributed by atoms with Crippen molar-refractivity contribution in [3.05, 3.63) is 73.0 Å². The maximum absolute atomic E-state index is 6.26. The Balaban J connectivity index is 1.89. The van der Waals surface area contributed by atoms with Gasteiger partial charge in [0.1, 0.15) is 0 Å². The fourth-order valence-corrected chi connectivity index (χ4v) is 3.32. The zero-order chi connectivity index (χ0) is 17.6. The molecule has 2 N–H and O–H groups in total. The van der Waals surface area contributed by atoms with Gasteiger partial charge in [0.25, 0.3) is 0 Å². The van der Waals surface area contributed by atoms with Crippen molar-refractivity contribution in [3.8, 4) is 11.1 Å². The molecule has 3 heterocycles. The Labute approximate surface area is 147 Å². The van der Waals surface area contributed by atoms with Gasteiger partial charge in [-0.05, 0) is 25.1 Å². The van der Waals surface area contributed by atoms with E-state index >= 15 is 0 Å². The second-order valence-electron chi connectivity index (χ2n) is 6.35. The minimum atomic E-state index is -0.116. The van der Waals surface area contributed by atoms with E-state index in [0.717, 1.165) is 33.9 Å². The Morgan fingerprint density at radius 1 is 1.16 bits per heavy atom. The third-order valence-corrected chi connectivity index (χ3v) is 4.48. The summed E-state index contributed by atoms with van der Waals surface area (Å²) in [6.07, 6.45) is 8.03. The van der Waals surface area contributed by atoms with Crippen molar-refractivity contribution in [3.63, 3.8) is 0 Å². The zero-order valence-corrected chi connectivity index (χ0v) is 14.4. The molecule has 0 amide bonds. The molecule has 126 valence electrons. The lowest BCUT2D eigenvalue weighted by Gasteiger charge is -2.35. The first kappa shape index (κ1) is 15.5. The van der Waals surface area contributed by atoms with Crippen LogP contribution in [0.25, 0.3) is 23.0 Å². The van der Waals surface area contributed by atoms with Gasteiger partial charge < -0.3 is 15.2 Å². The molecule has 2 aromatic heterocycles. The summed E-state index contributed by atoms with van der Waals surface area (Å²) in [6, 6.07) is 12.2. The van der Waals surface area contributed by atoms with Crippen LogP contribution in [0.5, 0.6) is 0 Å². The van der Waals surface area contributed by atoms with Crippen LogP contribution in [0.4, 0.5) is 5.69 Å². The number of fused-ring (bicyclic) bond motifs is 1. The van der Waals surface area contributed by atoms with Crippen LogP contribution in [0.2, 0.25) is 0 Å². The van der Waals surface area contributed by atoms with Crippen LogP contribution in [-0.4, -0.2) is 20.4 Å². The molecule has 1 aromatic carbocycles. The molecular weight excluding hydrogens is 310 g/mol. The Hall–Kier alpha value is -3.05. The maximum Gasteiger partial charge on any atom is 0.0767 e. The van der Waals surface area contributed by atoms with E-state index in [-0.39, 0.29) is 6.04 Å². The maximum atomic E-state index is 6.26. The lowest BCUT2D eigenvalue weighted by Crippen LogP contribution is -2.35. The Morgan fingerprint density at radius 3 is 2.56 bits per heavy atom. The normalized spacial score (nSPS) is 15.1. The smallest absolute Gasteiger partial charge is 0.0767 e. The highest BCUT2D eigenvalue weighted by molar-refractivity contribution is 5.91. The number of hydrogen-bond acceptors (Lipinski definition) is 3. The van der Waals surface area contributed by atoms with Crippen molar-refractivity contribution in [2.75, 3.05) is 4.90 Å². The predicted octanol–water partition coefficient (Wildman–Crippen LogP) is 3.53. The molecule has 1 aliphatic heterocycles. The quantitative estimate of drug-likeness (QED) is 0.799. The number of nitrogens with two attached hydrogens (primary N) is 1. The van der Waals surface area contributed by atoms with Crippen LogP contribution in [0.1, 0.15) is 12.6 Å². The number of rotatable bonds is 3. The lowest BCUT2D eigenvalue weighted by molar-refractivity contribution is 0.768. The third-order valence-electron chi connectivity index (χ3n) is 4.48. The van der Waals surface area contributed by atoms with Gasteiger partial charge in [0.05, 0.1) is 23.3 Å². The molecule has 0 spiro atoms. The summed E-state index contributed by atoms with van der Waals surface area (Å²) in [5.41, 5.74) is 12.5. The lowest BCUT2D eigenvalue weighted by atomic mass is 10.0. The Kier molecular flexibility index (Phi) is 3.58. The molecule has 0 radical (unpaired) electrons. The van der Waals surface area contributed by atoms with E-state index in [1.807, 2.05) is 55.4 Å². The molecule has 25 heavy (non-hydrogen) atoms. The van der Waals surface area contributed by atoms with Gasteiger partial charge in [-0.15, -0.1) is 0 Å². The van der Waals surface area contributed by atoms with Crippen molar-refractivity contribution in [2.45, 2.75) is 13.0 Å². The first-order valence-corrected chi connectivity index (χ1v) is 8.28. The molecule has 4 rings (SSSR count). The van der Waals surface area contributed by atoms with Gasteiger partial charge in [0.15, 0.2) is 0 Å². The highest BCUT2D eigenvalue weighted by Crippen LogP contribution is 2.39. The first-order valence-electron chi connectivity index (χ1n) is 8.28. The van der Waals surface area contributed by atoms with Crippen LogP contribution in [0.15, 0.2) is 67.3 Å². The molecule has 3 aromatic rings. The van der Waals surface area contributed by atoms with Gasteiger partial charge >= 0.3 is 0 Å². The second kappa shape index (κ2) is 5.79. The number of para-hydroxylation sites is 1. The second-order valence-corrected chi connectivity index (χ2v) is 6.35. The van der Waals surface area contributed by atoms with Gasteiger partial charge in [-0.25, -0.2) is 0 Å². The number of aromatic nitrogens is 3. The highest BCUT2D eigenvalue weighted by atomic mass is 15.2. The largest absolute Gasteiger partial charge is 0.323 e. The van der Waals surface area contributed by atoms with E-state index in [1.165, 1.54) is 0 Å². The van der Waals surface area contributed by atoms with Crippen molar-refractivity contribution in [2.24, 2.45) is 12.8 Å². The number of aryl methyl sites for hydroxylation is 1. The molecule has 1 aliphatic rings. The molecule has 0 bridgehead atoms. The summed E-state index contributed by atoms with van der Waals surface area (Å²) in [5, 5.41) is 4.30. The minimum Gasteiger partial charge on any atom is -0.323 e. The van der Waals surface area contributed by atoms with Gasteiger partial charge in [0, 0.05) is 48.5 Å². The third kappa shape index (κ3) is 2.49. The number of anilines is 1. The molecule has 0 aliphatic carbocycles. The van der Waals surface area contributed by atoms with Crippen LogP contribution < -0.4 is 10.6 Å². The summed E-state index contributed by atoms with van der Waals surface area (Å²) in [7, 11) is 1.92. The van der Waals surface area contributed by atoms with Gasteiger partial charge in [-0.1, -0.05) is 24.8 Å². The zero-order valence-electron chi connectivity index (χ0n) is 14.4. The summed E-state index contributed by atoms with van der Waals surface area (Å²) in [4.78, 5) is 2.14. The highest BCUT2D eigenvalue weighted by Gasteiger charge is 2.28. The summed E-state index contributed by atoms with van der Waals surface area (Å²) < 4.78 is 3.91. The van der Waals surface area contributed by atoms with Crippen LogP contribution in [-0.2, 0) is 7.05 Å². The van der Waals surface area contributed by atoms with Crippen LogP contribution in [0.3, 0.4) is 0 Å². The van der Waals surface area contributed by atoms with Crippen molar-refractivity contribution >= 4 is 17.6 Å². The predicted molar refractivity (Wildman–Crippen MR) is 103 cm³/mol. The summed E-state index contributed by atoms with van der Waals surface area (Å²) >= 11 is 0. The molecule has 0 saturated heterocycles. The molecular formula is C20H21N5. The van der Waals surface area contributed by atoms with E-state index in [9.17, 15) is 0 Å². The standard InChI is InChI=1S/C20H21N5/c1-14(21)19-13-24-10-9-18(16-11-22-23(3)12-16)20(24)15(2)25(19)17-7-5-4-6-8-17/h4-14H,2,21H2,1,3H3. The Morgan fingerprint density at radius 2 is 1.92 bits per heavy atom. The van der Waals surface area contributed by atoms with Crippen molar-refractivity contribution < 1.29 is 0 Å². The summed E-state index contributed by atoms with van der Waals surface area (Å²) in [5.74, 6) is 0. The van der Waals surface area contributed by atoms with Crippen LogP contribution in [0, 0.1) is 0 Å². The van der Waals surface area contributed by atoms with Gasteiger partial charge in [0.2, 0.25) is 0 Å². The molecule has 1 unspecified atom stereocenters.